The zero-order valence-corrected chi connectivity index (χ0v) is 25.5. The van der Waals surface area contributed by atoms with Gasteiger partial charge in [-0.3, -0.25) is 0 Å². The molecule has 0 aliphatic carbocycles. The van der Waals surface area contributed by atoms with Crippen molar-refractivity contribution in [1.82, 2.24) is 0 Å². The van der Waals surface area contributed by atoms with E-state index >= 15 is 0 Å². The molecule has 4 aromatic rings. The van der Waals surface area contributed by atoms with Gasteiger partial charge in [0, 0.05) is 4.90 Å². The number of methoxy groups -OCH3 is 2. The van der Waals surface area contributed by atoms with Crippen molar-refractivity contribution < 1.29 is 42.8 Å². The van der Waals surface area contributed by atoms with Crippen LogP contribution >= 0.6 is 11.8 Å². The predicted octanol–water partition coefficient (Wildman–Crippen LogP) is 5.72. The molecular formula is C35H32O9S. The van der Waals surface area contributed by atoms with Crippen LogP contribution in [0.5, 0.6) is 5.75 Å². The molecule has 0 radical (unpaired) electrons. The number of carbonyl (C=O) groups is 3. The maximum absolute atomic E-state index is 13.5. The van der Waals surface area contributed by atoms with Gasteiger partial charge in [-0.15, -0.1) is 0 Å². The number of esters is 3. The monoisotopic (exact) mass is 628 g/mol. The molecule has 45 heavy (non-hydrogen) atoms. The minimum absolute atomic E-state index is 0.0146. The maximum atomic E-state index is 13.5. The molecule has 5 atom stereocenters. The largest absolute Gasteiger partial charge is 0.497 e. The third-order valence-corrected chi connectivity index (χ3v) is 8.19. The summed E-state index contributed by atoms with van der Waals surface area (Å²) in [6, 6.07) is 33.3. The summed E-state index contributed by atoms with van der Waals surface area (Å²) in [5, 5.41) is 0. The SMILES string of the molecule is COC(=O)[C@H]1O[C@@H](Sc2ccccc2)[C@H](OC(=O)c2ccccc2)[C@@H](OC(=O)c2ccccc2)[C@@H]1OCc1ccc(OC)cc1. The Hall–Kier alpha value is -4.64. The van der Waals surface area contributed by atoms with E-state index in [2.05, 4.69) is 0 Å². The average molecular weight is 629 g/mol. The first-order chi connectivity index (χ1) is 22.0. The average Bonchev–Trinajstić information content (AvgIpc) is 3.09. The number of thioether (sulfide) groups is 1. The number of carbonyl (C=O) groups excluding carboxylic acids is 3. The Labute approximate surface area is 265 Å². The molecule has 0 bridgehead atoms. The van der Waals surface area contributed by atoms with Gasteiger partial charge in [0.2, 0.25) is 0 Å². The van der Waals surface area contributed by atoms with Crippen molar-refractivity contribution in [2.24, 2.45) is 0 Å². The van der Waals surface area contributed by atoms with E-state index in [1.165, 1.54) is 18.9 Å². The zero-order valence-electron chi connectivity index (χ0n) is 24.6. The normalized spacial score (nSPS) is 20.9. The first kappa shape index (κ1) is 31.8. The Balaban J connectivity index is 1.54. The fourth-order valence-corrected chi connectivity index (χ4v) is 5.83. The van der Waals surface area contributed by atoms with Gasteiger partial charge in [0.1, 0.15) is 17.3 Å². The molecule has 0 aromatic heterocycles. The minimum atomic E-state index is -1.32. The number of hydrogen-bond acceptors (Lipinski definition) is 10. The summed E-state index contributed by atoms with van der Waals surface area (Å²) < 4.78 is 35.1. The van der Waals surface area contributed by atoms with Crippen molar-refractivity contribution >= 4 is 29.7 Å². The Morgan fingerprint density at radius 2 is 1.20 bits per heavy atom. The van der Waals surface area contributed by atoms with Crippen molar-refractivity contribution in [2.75, 3.05) is 14.2 Å². The predicted molar refractivity (Wildman–Crippen MR) is 166 cm³/mol. The Kier molecular flexibility index (Phi) is 10.9. The van der Waals surface area contributed by atoms with Gasteiger partial charge in [-0.2, -0.15) is 0 Å². The van der Waals surface area contributed by atoms with Crippen molar-refractivity contribution in [2.45, 2.75) is 41.4 Å². The lowest BCUT2D eigenvalue weighted by atomic mass is 9.98. The molecule has 0 spiro atoms. The third-order valence-electron chi connectivity index (χ3n) is 7.03. The number of hydrogen-bond donors (Lipinski definition) is 0. The van der Waals surface area contributed by atoms with Crippen molar-refractivity contribution in [3.8, 4) is 5.75 Å². The van der Waals surface area contributed by atoms with Gasteiger partial charge in [-0.25, -0.2) is 14.4 Å². The summed E-state index contributed by atoms with van der Waals surface area (Å²) in [7, 11) is 2.80. The van der Waals surface area contributed by atoms with Gasteiger partial charge in [0.25, 0.3) is 0 Å². The molecule has 10 heteroatoms. The van der Waals surface area contributed by atoms with Crippen LogP contribution in [0.25, 0.3) is 0 Å². The van der Waals surface area contributed by atoms with Crippen LogP contribution in [-0.2, 0) is 35.1 Å². The van der Waals surface area contributed by atoms with Gasteiger partial charge in [-0.1, -0.05) is 78.5 Å². The molecule has 4 aromatic carbocycles. The summed E-state index contributed by atoms with van der Waals surface area (Å²) in [4.78, 5) is 41.0. The lowest BCUT2D eigenvalue weighted by Crippen LogP contribution is -2.62. The van der Waals surface area contributed by atoms with Gasteiger partial charge in [0.05, 0.1) is 32.0 Å². The van der Waals surface area contributed by atoms with Crippen LogP contribution in [0.1, 0.15) is 26.3 Å². The second-order valence-electron chi connectivity index (χ2n) is 9.97. The van der Waals surface area contributed by atoms with Crippen molar-refractivity contribution in [3.63, 3.8) is 0 Å². The standard InChI is InChI=1S/C35H32O9S/c1-39-26-20-18-23(19-21-26)22-41-28-29(42-32(36)24-12-6-3-7-13-24)31(43-33(37)25-14-8-4-9-15-25)35(44-30(28)34(38)40-2)45-27-16-10-5-11-17-27/h3-21,28-31,35H,22H2,1-2H3/t28-,29-,30-,31+,35-/m0/s1. The third kappa shape index (κ3) is 8.10. The lowest BCUT2D eigenvalue weighted by Gasteiger charge is -2.44. The van der Waals surface area contributed by atoms with E-state index in [1.54, 1.807) is 79.9 Å². The molecule has 5 rings (SSSR count). The molecule has 9 nitrogen and oxygen atoms in total. The van der Waals surface area contributed by atoms with Gasteiger partial charge >= 0.3 is 17.9 Å². The Morgan fingerprint density at radius 3 is 1.73 bits per heavy atom. The van der Waals surface area contributed by atoms with Gasteiger partial charge < -0.3 is 28.4 Å². The van der Waals surface area contributed by atoms with E-state index in [4.69, 9.17) is 28.4 Å². The van der Waals surface area contributed by atoms with Crippen molar-refractivity contribution in [3.05, 3.63) is 132 Å². The van der Waals surface area contributed by atoms with E-state index in [1.807, 2.05) is 42.5 Å². The number of benzene rings is 4. The van der Waals surface area contributed by atoms with Crippen LogP contribution in [0.15, 0.2) is 120 Å². The fourth-order valence-electron chi connectivity index (χ4n) is 4.73. The molecule has 0 N–H and O–H groups in total. The summed E-state index contributed by atoms with van der Waals surface area (Å²) in [6.45, 7) is 0.0146. The number of ether oxygens (including phenoxy) is 6. The van der Waals surface area contributed by atoms with Crippen LogP contribution in [0.4, 0.5) is 0 Å². The van der Waals surface area contributed by atoms with E-state index in [-0.39, 0.29) is 12.2 Å². The number of rotatable bonds is 11. The molecule has 0 saturated carbocycles. The van der Waals surface area contributed by atoms with Gasteiger partial charge in [-0.05, 0) is 54.1 Å². The molecular weight excluding hydrogens is 596 g/mol. The Bertz CT molecular complexity index is 1550. The molecule has 232 valence electrons. The molecule has 1 saturated heterocycles. The highest BCUT2D eigenvalue weighted by Gasteiger charge is 2.54. The maximum Gasteiger partial charge on any atom is 0.338 e. The van der Waals surface area contributed by atoms with Crippen LogP contribution in [0.2, 0.25) is 0 Å². The highest BCUT2D eigenvalue weighted by atomic mass is 32.2. The fraction of sp³-hybridized carbons (Fsp3) is 0.229. The highest BCUT2D eigenvalue weighted by Crippen LogP contribution is 2.38. The molecule has 1 heterocycles. The zero-order chi connectivity index (χ0) is 31.6. The summed E-state index contributed by atoms with van der Waals surface area (Å²) in [5.41, 5.74) is 0.331. The van der Waals surface area contributed by atoms with Crippen LogP contribution in [0, 0.1) is 0 Å². The molecule has 1 fully saturated rings. The summed E-state index contributed by atoms with van der Waals surface area (Å²) >= 11 is 1.22. The molecule has 1 aliphatic heterocycles. The first-order valence-electron chi connectivity index (χ1n) is 14.2. The van der Waals surface area contributed by atoms with E-state index in [0.717, 1.165) is 10.5 Å². The lowest BCUT2D eigenvalue weighted by molar-refractivity contribution is -0.225. The second-order valence-corrected chi connectivity index (χ2v) is 11.1. The van der Waals surface area contributed by atoms with E-state index in [0.29, 0.717) is 11.3 Å². The van der Waals surface area contributed by atoms with Gasteiger partial charge in [0.15, 0.2) is 18.3 Å². The first-order valence-corrected chi connectivity index (χ1v) is 15.1. The topological polar surface area (TPSA) is 107 Å². The van der Waals surface area contributed by atoms with Crippen LogP contribution in [-0.4, -0.2) is 62.0 Å². The smallest absolute Gasteiger partial charge is 0.338 e. The van der Waals surface area contributed by atoms with E-state index < -0.39 is 47.8 Å². The minimum Gasteiger partial charge on any atom is -0.497 e. The van der Waals surface area contributed by atoms with Crippen LogP contribution < -0.4 is 4.74 Å². The summed E-state index contributed by atoms with van der Waals surface area (Å²) in [6.07, 6.45) is -5.01. The molecule has 1 aliphatic rings. The molecule has 0 amide bonds. The highest BCUT2D eigenvalue weighted by molar-refractivity contribution is 7.99. The summed E-state index contributed by atoms with van der Waals surface area (Å²) in [5.74, 6) is -1.42. The Morgan fingerprint density at radius 1 is 0.667 bits per heavy atom. The quantitative estimate of drug-likeness (QED) is 0.151. The van der Waals surface area contributed by atoms with E-state index in [9.17, 15) is 14.4 Å². The molecule has 0 unspecified atom stereocenters. The van der Waals surface area contributed by atoms with Crippen molar-refractivity contribution in [1.29, 1.82) is 0 Å². The second kappa shape index (κ2) is 15.4. The van der Waals surface area contributed by atoms with Crippen LogP contribution in [0.3, 0.4) is 0 Å².